The van der Waals surface area contributed by atoms with Crippen molar-refractivity contribution >= 4 is 18.1 Å². The van der Waals surface area contributed by atoms with Crippen molar-refractivity contribution in [2.24, 2.45) is 22.9 Å². The van der Waals surface area contributed by atoms with E-state index >= 15 is 0 Å². The molecule has 1 fully saturated rings. The number of amides is 1. The van der Waals surface area contributed by atoms with Crippen LogP contribution in [0.3, 0.4) is 0 Å². The number of aldehydes is 1. The Hall–Kier alpha value is -5.83. The standard InChI is InChI=1S/C50H60N2O12/c1-5-8-24-58-49(56)52(30-33-15-18-44-45(25-33)60-32-59-44)46-29-41(51-62-7-3)39-27-34(13-9-11-21-53)38(14-10-12-22-54)47-40-28-37(63-36-16-19-42(57-4)35(26-36)31-55)17-20-43(40)64-50(46,48(39)47)61-23-6-2/h5-6,15-20,25-28,31,34,38,46-48,53-54H,1-2,7-14,21-24,29-30,32H2,3-4H3/t34-,38+,46-,47+,48+,50+/m0/s1. The number of rotatable bonds is 23. The first-order valence-electron chi connectivity index (χ1n) is 22.3. The van der Waals surface area contributed by atoms with E-state index in [2.05, 4.69) is 19.2 Å². The zero-order valence-corrected chi connectivity index (χ0v) is 36.8. The number of ether oxygens (including phenoxy) is 7. The van der Waals surface area contributed by atoms with Crippen molar-refractivity contribution in [1.29, 1.82) is 0 Å². The van der Waals surface area contributed by atoms with E-state index in [4.69, 9.17) is 43.2 Å². The van der Waals surface area contributed by atoms with E-state index in [0.717, 1.165) is 48.7 Å². The fourth-order valence-electron chi connectivity index (χ4n) is 9.71. The molecule has 3 aromatic carbocycles. The lowest BCUT2D eigenvalue weighted by Crippen LogP contribution is -2.70. The first kappa shape index (κ1) is 46.2. The molecule has 0 radical (unpaired) electrons. The molecule has 0 aromatic heterocycles. The highest BCUT2D eigenvalue weighted by Gasteiger charge is 2.65. The van der Waals surface area contributed by atoms with Crippen molar-refractivity contribution < 1.29 is 57.8 Å². The molecule has 0 spiro atoms. The summed E-state index contributed by atoms with van der Waals surface area (Å²) in [6, 6.07) is 15.5. The van der Waals surface area contributed by atoms with Gasteiger partial charge in [0.25, 0.3) is 0 Å². The third-order valence-corrected chi connectivity index (χ3v) is 12.5. The van der Waals surface area contributed by atoms with Gasteiger partial charge in [-0.05, 0) is 111 Å². The van der Waals surface area contributed by atoms with Gasteiger partial charge in [0.15, 0.2) is 17.8 Å². The maximum Gasteiger partial charge on any atom is 0.410 e. The van der Waals surface area contributed by atoms with Crippen LogP contribution in [0.15, 0.2) is 96.7 Å². The smallest absolute Gasteiger partial charge is 0.410 e. The van der Waals surface area contributed by atoms with Crippen molar-refractivity contribution in [2.75, 3.05) is 46.9 Å². The van der Waals surface area contributed by atoms with Crippen LogP contribution < -0.4 is 23.7 Å². The molecule has 2 N–H and O–H groups in total. The summed E-state index contributed by atoms with van der Waals surface area (Å²) >= 11 is 0. The summed E-state index contributed by atoms with van der Waals surface area (Å²) in [5, 5.41) is 24.7. The third kappa shape index (κ3) is 9.79. The van der Waals surface area contributed by atoms with Crippen molar-refractivity contribution in [3.63, 3.8) is 0 Å². The van der Waals surface area contributed by atoms with Crippen LogP contribution >= 0.6 is 0 Å². The second kappa shape index (κ2) is 21.7. The molecule has 342 valence electrons. The number of hydrogen-bond donors (Lipinski definition) is 2. The van der Waals surface area contributed by atoms with E-state index in [-0.39, 0.29) is 63.9 Å². The van der Waals surface area contributed by atoms with Crippen LogP contribution in [0, 0.1) is 17.8 Å². The summed E-state index contributed by atoms with van der Waals surface area (Å²) in [4.78, 5) is 34.2. The van der Waals surface area contributed by atoms with Gasteiger partial charge < -0.3 is 48.2 Å². The Bertz CT molecular complexity index is 2190. The average molecular weight is 881 g/mol. The van der Waals surface area contributed by atoms with E-state index < -0.39 is 23.8 Å². The number of unbranched alkanes of at least 4 members (excludes halogenated alkanes) is 2. The number of aliphatic hydroxyl groups is 2. The molecule has 64 heavy (non-hydrogen) atoms. The molecule has 0 unspecified atom stereocenters. The molecule has 0 bridgehead atoms. The Morgan fingerprint density at radius 2 is 1.72 bits per heavy atom. The molecule has 2 aliphatic heterocycles. The monoisotopic (exact) mass is 880 g/mol. The van der Waals surface area contributed by atoms with Crippen LogP contribution in [0.2, 0.25) is 0 Å². The minimum atomic E-state index is -1.51. The van der Waals surface area contributed by atoms with E-state index in [1.165, 1.54) is 7.11 Å². The van der Waals surface area contributed by atoms with Gasteiger partial charge in [-0.25, -0.2) is 4.79 Å². The number of nitrogens with zero attached hydrogens (tertiary/aromatic N) is 2. The maximum atomic E-state index is 14.7. The van der Waals surface area contributed by atoms with Gasteiger partial charge >= 0.3 is 6.09 Å². The summed E-state index contributed by atoms with van der Waals surface area (Å²) in [5.41, 5.74) is 3.56. The second-order valence-electron chi connectivity index (χ2n) is 16.3. The van der Waals surface area contributed by atoms with Crippen molar-refractivity contribution in [3.8, 4) is 34.5 Å². The molecule has 7 rings (SSSR count). The van der Waals surface area contributed by atoms with Gasteiger partial charge in [0.05, 0.1) is 37.5 Å². The highest BCUT2D eigenvalue weighted by molar-refractivity contribution is 6.03. The maximum absolute atomic E-state index is 14.7. The number of fused-ring (bicyclic) bond motifs is 3. The fourth-order valence-corrected chi connectivity index (χ4v) is 9.71. The van der Waals surface area contributed by atoms with Crippen LogP contribution in [-0.4, -0.2) is 92.0 Å². The number of oxime groups is 1. The Kier molecular flexibility index (Phi) is 15.7. The minimum absolute atomic E-state index is 0.0137. The summed E-state index contributed by atoms with van der Waals surface area (Å²) in [6.45, 7) is 10.6. The van der Waals surface area contributed by atoms with Crippen LogP contribution in [0.25, 0.3) is 0 Å². The van der Waals surface area contributed by atoms with Gasteiger partial charge in [0.1, 0.15) is 35.6 Å². The number of benzene rings is 3. The number of carbonyl (C=O) groups excluding carboxylic acids is 2. The molecular formula is C50H60N2O12. The number of methoxy groups -OCH3 is 1. The van der Waals surface area contributed by atoms with Crippen molar-refractivity contribution in [3.05, 3.63) is 108 Å². The molecule has 4 aliphatic rings. The zero-order valence-electron chi connectivity index (χ0n) is 36.8. The molecule has 6 atom stereocenters. The molecule has 2 aliphatic carbocycles. The average Bonchev–Trinajstić information content (AvgIpc) is 3.79. The lowest BCUT2D eigenvalue weighted by molar-refractivity contribution is -0.256. The quantitative estimate of drug-likeness (QED) is 0.0403. The van der Waals surface area contributed by atoms with Gasteiger partial charge in [0, 0.05) is 37.7 Å². The normalized spacial score (nSPS) is 23.2. The summed E-state index contributed by atoms with van der Waals surface area (Å²) in [7, 11) is 1.51. The Morgan fingerprint density at radius 3 is 2.47 bits per heavy atom. The van der Waals surface area contributed by atoms with Crippen LogP contribution in [0.4, 0.5) is 4.79 Å². The molecule has 0 saturated heterocycles. The Morgan fingerprint density at radius 1 is 0.953 bits per heavy atom. The van der Waals surface area contributed by atoms with E-state index in [1.807, 2.05) is 43.3 Å². The number of aliphatic hydroxyl groups excluding tert-OH is 2. The van der Waals surface area contributed by atoms with Crippen LogP contribution in [0.1, 0.15) is 85.7 Å². The molecular weight excluding hydrogens is 821 g/mol. The van der Waals surface area contributed by atoms with Crippen molar-refractivity contribution in [2.45, 2.75) is 82.6 Å². The molecule has 14 nitrogen and oxygen atoms in total. The van der Waals surface area contributed by atoms with Gasteiger partial charge in [-0.1, -0.05) is 42.3 Å². The van der Waals surface area contributed by atoms with E-state index in [0.29, 0.717) is 71.6 Å². The van der Waals surface area contributed by atoms with E-state index in [1.54, 1.807) is 35.3 Å². The van der Waals surface area contributed by atoms with Gasteiger partial charge in [0.2, 0.25) is 12.6 Å². The predicted octanol–water partition coefficient (Wildman–Crippen LogP) is 8.90. The van der Waals surface area contributed by atoms with Crippen LogP contribution in [-0.2, 0) is 20.9 Å². The summed E-state index contributed by atoms with van der Waals surface area (Å²) in [5.74, 6) is 0.813. The second-order valence-corrected chi connectivity index (χ2v) is 16.3. The molecule has 1 amide bonds. The number of carbonyl (C=O) groups is 2. The first-order valence-corrected chi connectivity index (χ1v) is 22.3. The molecule has 2 heterocycles. The predicted molar refractivity (Wildman–Crippen MR) is 239 cm³/mol. The van der Waals surface area contributed by atoms with Crippen molar-refractivity contribution in [1.82, 2.24) is 4.90 Å². The van der Waals surface area contributed by atoms with Gasteiger partial charge in [-0.2, -0.15) is 0 Å². The highest BCUT2D eigenvalue weighted by atomic mass is 16.7. The fraction of sp³-hybridized carbons (Fsp3) is 0.460. The number of hydrogen-bond acceptors (Lipinski definition) is 13. The number of allylic oxidation sites excluding steroid dienone is 1. The van der Waals surface area contributed by atoms with Gasteiger partial charge in [-0.3, -0.25) is 9.69 Å². The summed E-state index contributed by atoms with van der Waals surface area (Å²) < 4.78 is 43.7. The summed E-state index contributed by atoms with van der Waals surface area (Å²) in [6.07, 6.45) is 10.8. The lowest BCUT2D eigenvalue weighted by Gasteiger charge is -2.59. The van der Waals surface area contributed by atoms with Gasteiger partial charge in [-0.15, -0.1) is 13.2 Å². The molecule has 14 heteroatoms. The third-order valence-electron chi connectivity index (χ3n) is 12.5. The Balaban J connectivity index is 1.44. The lowest BCUT2D eigenvalue weighted by atomic mass is 9.55. The van der Waals surface area contributed by atoms with Crippen LogP contribution in [0.5, 0.6) is 34.5 Å². The van der Waals surface area contributed by atoms with E-state index in [9.17, 15) is 19.8 Å². The minimum Gasteiger partial charge on any atom is -0.496 e. The highest BCUT2D eigenvalue weighted by Crippen LogP contribution is 2.62. The zero-order chi connectivity index (χ0) is 45.1. The largest absolute Gasteiger partial charge is 0.496 e. The first-order chi connectivity index (χ1) is 31.3. The molecule has 1 saturated carbocycles. The molecule has 3 aromatic rings. The SMILES string of the molecule is C=CCCOC(=O)N(Cc1ccc2c(c1)OCO2)[C@H]1CC(=NOCC)C2=C[C@H](CCCCO)[C@@H](CCCCO)[C@@H]3c4cc(Oc5ccc(OC)c(C=O)c5)ccc4O[C@@]1(OCC=C)[C@H]23. The Labute approximate surface area is 375 Å². The topological polar surface area (TPSA) is 164 Å².